The van der Waals surface area contributed by atoms with Crippen molar-refractivity contribution in [1.29, 1.82) is 0 Å². The second-order valence-electron chi connectivity index (χ2n) is 14.6. The Morgan fingerprint density at radius 2 is 1.64 bits per heavy atom. The summed E-state index contributed by atoms with van der Waals surface area (Å²) in [6.07, 6.45) is -8.24. The number of ether oxygens (including phenoxy) is 3. The van der Waals surface area contributed by atoms with Gasteiger partial charge in [-0.3, -0.25) is 14.4 Å². The minimum atomic E-state index is -1.81. The summed E-state index contributed by atoms with van der Waals surface area (Å²) < 4.78 is 18.0. The van der Waals surface area contributed by atoms with Crippen LogP contribution in [0.5, 0.6) is 0 Å². The summed E-state index contributed by atoms with van der Waals surface area (Å²) in [5, 5.41) is 66.6. The zero-order valence-corrected chi connectivity index (χ0v) is 29.7. The molecule has 2 aliphatic heterocycles. The maximum atomic E-state index is 13.4. The second-order valence-corrected chi connectivity index (χ2v) is 14.6. The summed E-state index contributed by atoms with van der Waals surface area (Å²) in [6.45, 7) is 13.6. The molecule has 0 aromatic rings. The van der Waals surface area contributed by atoms with Gasteiger partial charge in [-0.15, -0.1) is 0 Å². The lowest BCUT2D eigenvalue weighted by Crippen LogP contribution is -2.60. The van der Waals surface area contributed by atoms with Crippen LogP contribution in [0.25, 0.3) is 0 Å². The van der Waals surface area contributed by atoms with Gasteiger partial charge in [0, 0.05) is 32.0 Å². The Balaban J connectivity index is 2.50. The first-order chi connectivity index (χ1) is 21.6. The van der Waals surface area contributed by atoms with Crippen LogP contribution in [0.1, 0.15) is 87.5 Å². The minimum Gasteiger partial charge on any atom is -0.481 e. The number of amides is 1. The van der Waals surface area contributed by atoms with E-state index in [-0.39, 0.29) is 38.0 Å². The summed E-state index contributed by atoms with van der Waals surface area (Å²) in [5.41, 5.74) is -3.45. The number of aliphatic hydroxyl groups excluding tert-OH is 3. The van der Waals surface area contributed by atoms with Gasteiger partial charge in [0.2, 0.25) is 5.91 Å². The number of carboxylic acids is 1. The molecule has 0 radical (unpaired) electrons. The average molecular weight is 677 g/mol. The van der Waals surface area contributed by atoms with Crippen molar-refractivity contribution in [3.8, 4) is 0 Å². The predicted octanol–water partition coefficient (Wildman–Crippen LogP) is 0.737. The number of carbonyl (C=O) groups is 3. The van der Waals surface area contributed by atoms with E-state index in [1.165, 1.54) is 25.8 Å². The Hall–Kier alpha value is -1.91. The van der Waals surface area contributed by atoms with Crippen molar-refractivity contribution in [2.45, 2.75) is 154 Å². The highest BCUT2D eigenvalue weighted by Crippen LogP contribution is 2.36. The molecule has 0 aromatic heterocycles. The van der Waals surface area contributed by atoms with Gasteiger partial charge in [-0.25, -0.2) is 0 Å². The highest BCUT2D eigenvalue weighted by atomic mass is 16.7. The van der Waals surface area contributed by atoms with Crippen LogP contribution >= 0.6 is 0 Å². The summed E-state index contributed by atoms with van der Waals surface area (Å²) in [4.78, 5) is 40.3. The van der Waals surface area contributed by atoms with Gasteiger partial charge in [-0.2, -0.15) is 0 Å². The van der Waals surface area contributed by atoms with E-state index in [1.54, 1.807) is 41.7 Å². The number of aliphatic carboxylic acids is 1. The van der Waals surface area contributed by atoms with E-state index >= 15 is 0 Å². The molecule has 14 atom stereocenters. The SMILES string of the molecule is CC[C@H]1OC(=O)[C@H](C)[C@@H](O)[C@H](C)[C@@H](O[C@H]2O[C@H](C)C[C@@H](N(C)C(=O)CCC(=O)O)[C@H]2O)[C@](C)(O)C[C@@H](C)CN(C)[C@H](C)[C@@H](O)[C@]1(C)O. The lowest BCUT2D eigenvalue weighted by Gasteiger charge is -2.47. The number of likely N-dealkylation sites (N-methyl/N-ethyl adjacent to an activating group) is 2. The number of rotatable bonds is 7. The van der Waals surface area contributed by atoms with Gasteiger partial charge in [-0.05, 0) is 66.8 Å². The Morgan fingerprint density at radius 1 is 1.04 bits per heavy atom. The maximum absolute atomic E-state index is 13.4. The first kappa shape index (κ1) is 41.3. The molecule has 0 aliphatic carbocycles. The van der Waals surface area contributed by atoms with E-state index in [1.807, 2.05) is 11.8 Å². The van der Waals surface area contributed by atoms with Crippen LogP contribution in [-0.4, -0.2) is 145 Å². The number of carbonyl (C=O) groups excluding carboxylic acids is 2. The standard InChI is InChI=1S/C33H60N2O12/c1-11-23-33(8,44)28(41)21(6)34(9)16-17(2)15-32(7,43)29(19(4)26(39)20(5)30(42)46-23)47-31-27(40)22(14-18(3)45-31)35(10)24(36)12-13-25(37)38/h17-23,26-29,31,39-41,43-44H,11-16H2,1-10H3,(H,37,38)/t17-,18-,19+,20-,21-,22-,23-,26+,27-,28-,29-,31-,32-,33-/m1/s1. The second kappa shape index (κ2) is 16.7. The number of aliphatic hydroxyl groups is 5. The number of nitrogens with zero attached hydrogens (tertiary/aromatic N) is 2. The van der Waals surface area contributed by atoms with Gasteiger partial charge < -0.3 is 54.6 Å². The molecular formula is C33H60N2O12. The van der Waals surface area contributed by atoms with Crippen LogP contribution in [0.4, 0.5) is 0 Å². The minimum absolute atomic E-state index is 0.143. The highest BCUT2D eigenvalue weighted by Gasteiger charge is 2.50. The molecule has 1 amide bonds. The third kappa shape index (κ3) is 10.1. The fourth-order valence-corrected chi connectivity index (χ4v) is 7.18. The van der Waals surface area contributed by atoms with Crippen molar-refractivity contribution < 1.29 is 59.2 Å². The third-order valence-electron chi connectivity index (χ3n) is 10.2. The fourth-order valence-electron chi connectivity index (χ4n) is 7.18. The molecule has 2 saturated heterocycles. The molecule has 0 bridgehead atoms. The van der Waals surface area contributed by atoms with Crippen molar-refractivity contribution >= 4 is 17.8 Å². The number of esters is 1. The lowest BCUT2D eigenvalue weighted by molar-refractivity contribution is -0.299. The Kier molecular flexibility index (Phi) is 14.6. The maximum Gasteiger partial charge on any atom is 0.311 e. The molecule has 0 spiro atoms. The normalized spacial score (nSPS) is 43.3. The molecule has 2 aliphatic rings. The van der Waals surface area contributed by atoms with Crippen molar-refractivity contribution in [1.82, 2.24) is 9.80 Å². The smallest absolute Gasteiger partial charge is 0.311 e. The van der Waals surface area contributed by atoms with E-state index in [4.69, 9.17) is 19.3 Å². The van der Waals surface area contributed by atoms with Crippen molar-refractivity contribution in [3.05, 3.63) is 0 Å². The van der Waals surface area contributed by atoms with Gasteiger partial charge in [0.05, 0.1) is 42.3 Å². The van der Waals surface area contributed by atoms with E-state index in [9.17, 15) is 39.9 Å². The molecule has 0 aromatic carbocycles. The summed E-state index contributed by atoms with van der Waals surface area (Å²) >= 11 is 0. The van der Waals surface area contributed by atoms with Crippen LogP contribution in [0.2, 0.25) is 0 Å². The molecule has 0 saturated carbocycles. The first-order valence-electron chi connectivity index (χ1n) is 16.7. The quantitative estimate of drug-likeness (QED) is 0.206. The molecule has 2 rings (SSSR count). The topological polar surface area (TPSA) is 207 Å². The van der Waals surface area contributed by atoms with Gasteiger partial charge in [-0.1, -0.05) is 20.8 Å². The van der Waals surface area contributed by atoms with Gasteiger partial charge in [0.1, 0.15) is 23.9 Å². The van der Waals surface area contributed by atoms with Crippen LogP contribution in [0.3, 0.4) is 0 Å². The predicted molar refractivity (Wildman–Crippen MR) is 171 cm³/mol. The fraction of sp³-hybridized carbons (Fsp3) is 0.909. The third-order valence-corrected chi connectivity index (χ3v) is 10.2. The molecule has 2 fully saturated rings. The monoisotopic (exact) mass is 676 g/mol. The number of carboxylic acid groups (broad SMARTS) is 1. The summed E-state index contributed by atoms with van der Waals surface area (Å²) in [7, 11) is 3.26. The Morgan fingerprint density at radius 3 is 2.19 bits per heavy atom. The zero-order valence-electron chi connectivity index (χ0n) is 29.7. The largest absolute Gasteiger partial charge is 0.481 e. The molecular weight excluding hydrogens is 616 g/mol. The number of hydrogen-bond acceptors (Lipinski definition) is 12. The molecule has 14 nitrogen and oxygen atoms in total. The van der Waals surface area contributed by atoms with E-state index < -0.39 is 95.9 Å². The molecule has 2 heterocycles. The summed E-state index contributed by atoms with van der Waals surface area (Å²) in [6, 6.07) is -1.35. The zero-order chi connectivity index (χ0) is 36.2. The summed E-state index contributed by atoms with van der Waals surface area (Å²) in [5.74, 6) is -4.66. The highest BCUT2D eigenvalue weighted by molar-refractivity contribution is 5.80. The molecule has 14 heteroatoms. The Labute approximate surface area is 279 Å². The van der Waals surface area contributed by atoms with E-state index in [2.05, 4.69) is 0 Å². The van der Waals surface area contributed by atoms with Crippen LogP contribution in [0, 0.1) is 17.8 Å². The van der Waals surface area contributed by atoms with Gasteiger partial charge >= 0.3 is 11.9 Å². The molecule has 0 unspecified atom stereocenters. The van der Waals surface area contributed by atoms with Crippen LogP contribution in [-0.2, 0) is 28.6 Å². The van der Waals surface area contributed by atoms with Crippen molar-refractivity contribution in [3.63, 3.8) is 0 Å². The Bertz CT molecular complexity index is 1060. The van der Waals surface area contributed by atoms with Gasteiger partial charge in [0.15, 0.2) is 6.29 Å². The van der Waals surface area contributed by atoms with E-state index in [0.29, 0.717) is 6.54 Å². The molecule has 6 N–H and O–H groups in total. The van der Waals surface area contributed by atoms with Gasteiger partial charge in [0.25, 0.3) is 0 Å². The average Bonchev–Trinajstić information content (AvgIpc) is 2.98. The van der Waals surface area contributed by atoms with E-state index in [0.717, 1.165) is 0 Å². The molecule has 274 valence electrons. The molecule has 47 heavy (non-hydrogen) atoms. The van der Waals surface area contributed by atoms with Crippen LogP contribution in [0.15, 0.2) is 0 Å². The van der Waals surface area contributed by atoms with Crippen LogP contribution < -0.4 is 0 Å². The number of hydrogen-bond donors (Lipinski definition) is 6. The van der Waals surface area contributed by atoms with Crippen molar-refractivity contribution in [2.24, 2.45) is 17.8 Å². The number of cyclic esters (lactones) is 1. The lowest BCUT2D eigenvalue weighted by atomic mass is 9.78. The van der Waals surface area contributed by atoms with Crippen molar-refractivity contribution in [2.75, 3.05) is 20.6 Å². The first-order valence-corrected chi connectivity index (χ1v) is 16.7.